The lowest BCUT2D eigenvalue weighted by atomic mass is 10.0. The Hall–Kier alpha value is -0.480. The Labute approximate surface area is 103 Å². The molecule has 0 spiro atoms. The number of piperidine rings is 1. The number of rotatable bonds is 5. The maximum absolute atomic E-state index is 11.9. The van der Waals surface area contributed by atoms with E-state index in [1.807, 2.05) is 18.0 Å². The van der Waals surface area contributed by atoms with E-state index in [0.717, 1.165) is 31.7 Å². The van der Waals surface area contributed by atoms with Crippen LogP contribution in [0.1, 0.15) is 12.8 Å². The second-order valence-corrected chi connectivity index (χ2v) is 5.37. The number of thioether (sulfide) groups is 1. The largest absolute Gasteiger partial charge is 0.342 e. The van der Waals surface area contributed by atoms with Gasteiger partial charge in [0.25, 0.3) is 0 Å². The summed E-state index contributed by atoms with van der Waals surface area (Å²) in [6.45, 7) is 5.85. The summed E-state index contributed by atoms with van der Waals surface area (Å²) in [5, 5.41) is 0. The van der Waals surface area contributed by atoms with Gasteiger partial charge in [0.05, 0.1) is 5.75 Å². The summed E-state index contributed by atoms with van der Waals surface area (Å²) in [5.41, 5.74) is 0. The molecule has 1 fully saturated rings. The zero-order chi connectivity index (χ0) is 12.0. The molecule has 4 heteroatoms. The van der Waals surface area contributed by atoms with Crippen LogP contribution < -0.4 is 0 Å². The van der Waals surface area contributed by atoms with Crippen molar-refractivity contribution in [2.75, 3.05) is 38.7 Å². The molecule has 0 saturated carbocycles. The first-order valence-corrected chi connectivity index (χ1v) is 6.93. The maximum atomic E-state index is 11.9. The Balaban J connectivity index is 2.29. The molecule has 1 rings (SSSR count). The third-order valence-corrected chi connectivity index (χ3v) is 4.01. The number of hydrogen-bond acceptors (Lipinski definition) is 3. The van der Waals surface area contributed by atoms with Gasteiger partial charge in [0.15, 0.2) is 0 Å². The average molecular weight is 242 g/mol. The van der Waals surface area contributed by atoms with E-state index in [4.69, 9.17) is 0 Å². The van der Waals surface area contributed by atoms with Gasteiger partial charge in [-0.2, -0.15) is 0 Å². The number of carbonyl (C=O) groups is 1. The highest BCUT2D eigenvalue weighted by molar-refractivity contribution is 8.00. The first-order chi connectivity index (χ1) is 7.65. The molecule has 16 heavy (non-hydrogen) atoms. The third-order valence-electron chi connectivity index (χ3n) is 3.09. The van der Waals surface area contributed by atoms with E-state index in [9.17, 15) is 4.79 Å². The number of likely N-dealkylation sites (tertiary alicyclic amines) is 1. The van der Waals surface area contributed by atoms with Crippen LogP contribution in [0.15, 0.2) is 12.7 Å². The summed E-state index contributed by atoms with van der Waals surface area (Å²) in [6.07, 6.45) is 4.04. The van der Waals surface area contributed by atoms with Gasteiger partial charge in [-0.3, -0.25) is 4.79 Å². The van der Waals surface area contributed by atoms with Gasteiger partial charge < -0.3 is 9.80 Å². The monoisotopic (exact) mass is 242 g/mol. The average Bonchev–Trinajstić information content (AvgIpc) is 2.29. The van der Waals surface area contributed by atoms with E-state index >= 15 is 0 Å². The highest BCUT2D eigenvalue weighted by atomic mass is 32.2. The van der Waals surface area contributed by atoms with Crippen LogP contribution in [0.3, 0.4) is 0 Å². The van der Waals surface area contributed by atoms with Gasteiger partial charge in [-0.1, -0.05) is 6.08 Å². The molecule has 0 atom stereocenters. The second kappa shape index (κ2) is 6.97. The Morgan fingerprint density at radius 2 is 2.19 bits per heavy atom. The highest BCUT2D eigenvalue weighted by Gasteiger charge is 2.23. The van der Waals surface area contributed by atoms with Crippen LogP contribution in [0.25, 0.3) is 0 Å². The minimum atomic E-state index is 0.251. The molecule has 0 aromatic carbocycles. The maximum Gasteiger partial charge on any atom is 0.232 e. The minimum Gasteiger partial charge on any atom is -0.342 e. The highest BCUT2D eigenvalue weighted by Crippen LogP contribution is 2.15. The van der Waals surface area contributed by atoms with E-state index in [0.29, 0.717) is 11.8 Å². The third kappa shape index (κ3) is 4.18. The van der Waals surface area contributed by atoms with Gasteiger partial charge in [-0.15, -0.1) is 18.3 Å². The van der Waals surface area contributed by atoms with Crippen LogP contribution in [0.2, 0.25) is 0 Å². The molecule has 1 amide bonds. The Morgan fingerprint density at radius 1 is 1.56 bits per heavy atom. The molecule has 0 aromatic rings. The lowest BCUT2D eigenvalue weighted by Gasteiger charge is -2.35. The van der Waals surface area contributed by atoms with Gasteiger partial charge in [0, 0.05) is 18.8 Å². The van der Waals surface area contributed by atoms with Crippen LogP contribution in [0.5, 0.6) is 0 Å². The van der Waals surface area contributed by atoms with E-state index < -0.39 is 0 Å². The van der Waals surface area contributed by atoms with Gasteiger partial charge in [0.1, 0.15) is 0 Å². The lowest BCUT2D eigenvalue weighted by molar-refractivity contribution is -0.129. The van der Waals surface area contributed by atoms with Gasteiger partial charge in [-0.05, 0) is 33.0 Å². The molecule has 1 heterocycles. The van der Waals surface area contributed by atoms with Crippen molar-refractivity contribution in [3.05, 3.63) is 12.7 Å². The van der Waals surface area contributed by atoms with E-state index in [-0.39, 0.29) is 5.91 Å². The first-order valence-electron chi connectivity index (χ1n) is 5.78. The predicted octanol–water partition coefficient (Wildman–Crippen LogP) is 1.46. The topological polar surface area (TPSA) is 23.6 Å². The molecule has 1 aliphatic rings. The van der Waals surface area contributed by atoms with Gasteiger partial charge >= 0.3 is 0 Å². The molecule has 0 bridgehead atoms. The number of carbonyl (C=O) groups excluding carboxylic acids is 1. The summed E-state index contributed by atoms with van der Waals surface area (Å²) < 4.78 is 0. The molecule has 0 N–H and O–H groups in total. The molecule has 1 saturated heterocycles. The fourth-order valence-electron chi connectivity index (χ4n) is 1.92. The van der Waals surface area contributed by atoms with E-state index in [1.54, 1.807) is 11.8 Å². The van der Waals surface area contributed by atoms with Crippen molar-refractivity contribution >= 4 is 17.7 Å². The van der Waals surface area contributed by atoms with Crippen molar-refractivity contribution in [2.24, 2.45) is 0 Å². The van der Waals surface area contributed by atoms with Crippen molar-refractivity contribution in [1.82, 2.24) is 9.80 Å². The molecule has 1 aliphatic heterocycles. The first kappa shape index (κ1) is 13.6. The van der Waals surface area contributed by atoms with Gasteiger partial charge in [0.2, 0.25) is 5.91 Å². The van der Waals surface area contributed by atoms with Crippen molar-refractivity contribution in [1.29, 1.82) is 0 Å². The normalized spacial score (nSPS) is 18.4. The molecule has 0 aliphatic carbocycles. The number of nitrogens with zero attached hydrogens (tertiary/aromatic N) is 2. The molecule has 0 radical (unpaired) electrons. The minimum absolute atomic E-state index is 0.251. The summed E-state index contributed by atoms with van der Waals surface area (Å²) in [6, 6.07) is 0.438. The second-order valence-electron chi connectivity index (χ2n) is 4.34. The fraction of sp³-hybridized carbons (Fsp3) is 0.750. The molecule has 0 aromatic heterocycles. The molecule has 92 valence electrons. The lowest BCUT2D eigenvalue weighted by Crippen LogP contribution is -2.45. The SMILES string of the molecule is C=CCSCC(=O)N(C)C1CCN(C)CC1. The quantitative estimate of drug-likeness (QED) is 0.539. The molecule has 3 nitrogen and oxygen atoms in total. The fourth-order valence-corrected chi connectivity index (χ4v) is 2.58. The van der Waals surface area contributed by atoms with Crippen molar-refractivity contribution in [3.63, 3.8) is 0 Å². The summed E-state index contributed by atoms with van der Waals surface area (Å²) >= 11 is 1.63. The Kier molecular flexibility index (Phi) is 5.91. The van der Waals surface area contributed by atoms with Crippen molar-refractivity contribution in [2.45, 2.75) is 18.9 Å². The number of amides is 1. The summed E-state index contributed by atoms with van der Waals surface area (Å²) in [5.74, 6) is 1.68. The smallest absolute Gasteiger partial charge is 0.232 e. The van der Waals surface area contributed by atoms with Crippen LogP contribution in [0.4, 0.5) is 0 Å². The van der Waals surface area contributed by atoms with E-state index in [2.05, 4.69) is 18.5 Å². The van der Waals surface area contributed by atoms with E-state index in [1.165, 1.54) is 0 Å². The van der Waals surface area contributed by atoms with Crippen molar-refractivity contribution in [3.8, 4) is 0 Å². The van der Waals surface area contributed by atoms with Gasteiger partial charge in [-0.25, -0.2) is 0 Å². The number of hydrogen-bond donors (Lipinski definition) is 0. The zero-order valence-electron chi connectivity index (χ0n) is 10.3. The van der Waals surface area contributed by atoms with Crippen LogP contribution in [0, 0.1) is 0 Å². The molecular weight excluding hydrogens is 220 g/mol. The zero-order valence-corrected chi connectivity index (χ0v) is 11.1. The predicted molar refractivity (Wildman–Crippen MR) is 70.8 cm³/mol. The Bertz CT molecular complexity index is 237. The Morgan fingerprint density at radius 3 is 2.75 bits per heavy atom. The van der Waals surface area contributed by atoms with Crippen LogP contribution in [-0.4, -0.2) is 60.4 Å². The molecule has 0 unspecified atom stereocenters. The summed E-state index contributed by atoms with van der Waals surface area (Å²) in [7, 11) is 4.07. The summed E-state index contributed by atoms with van der Waals surface area (Å²) in [4.78, 5) is 16.1. The van der Waals surface area contributed by atoms with Crippen LogP contribution in [-0.2, 0) is 4.79 Å². The van der Waals surface area contributed by atoms with Crippen molar-refractivity contribution < 1.29 is 4.79 Å². The van der Waals surface area contributed by atoms with Crippen LogP contribution >= 0.6 is 11.8 Å². The standard InChI is InChI=1S/C12H22N2OS/c1-4-9-16-10-12(15)14(3)11-5-7-13(2)8-6-11/h4,11H,1,5-10H2,2-3H3. The molecular formula is C12H22N2OS.